The van der Waals surface area contributed by atoms with Gasteiger partial charge in [-0.25, -0.2) is 0 Å². The van der Waals surface area contributed by atoms with Crippen molar-refractivity contribution < 1.29 is 69.0 Å². The summed E-state index contributed by atoms with van der Waals surface area (Å²) in [6.45, 7) is 3.54. The van der Waals surface area contributed by atoms with Crippen LogP contribution in [0.5, 0.6) is 0 Å². The maximum absolute atomic E-state index is 13.1. The summed E-state index contributed by atoms with van der Waals surface area (Å²) < 4.78 is 34.4. The Morgan fingerprint density at radius 3 is 1.41 bits per heavy atom. The summed E-state index contributed by atoms with van der Waals surface area (Å²) in [4.78, 5) is 13.1. The average molecular weight is 1040 g/mol. The molecule has 7 N–H and O–H groups in total. The molecule has 14 heteroatoms. The van der Waals surface area contributed by atoms with Crippen LogP contribution < -0.4 is 0 Å². The van der Waals surface area contributed by atoms with Crippen LogP contribution in [0.25, 0.3) is 0 Å². The Kier molecular flexibility index (Phi) is 42.0. The summed E-state index contributed by atoms with van der Waals surface area (Å²) in [5, 5.41) is 72.3. The molecular formula is C59H104O14. The molecule has 0 amide bonds. The van der Waals surface area contributed by atoms with Gasteiger partial charge in [0.25, 0.3) is 0 Å². The number of carbonyl (C=O) groups is 1. The zero-order valence-corrected chi connectivity index (χ0v) is 45.4. The van der Waals surface area contributed by atoms with Gasteiger partial charge in [-0.15, -0.1) is 0 Å². The van der Waals surface area contributed by atoms with Gasteiger partial charge in [-0.2, -0.15) is 0 Å². The van der Waals surface area contributed by atoms with Gasteiger partial charge in [0, 0.05) is 13.0 Å². The number of carbonyl (C=O) groups excluding carboxylic acids is 1. The minimum atomic E-state index is -1.71. The molecule has 0 aromatic heterocycles. The van der Waals surface area contributed by atoms with E-state index >= 15 is 0 Å². The second-order valence-electron chi connectivity index (χ2n) is 20.1. The molecule has 0 aliphatic carbocycles. The van der Waals surface area contributed by atoms with Crippen molar-refractivity contribution in [1.82, 2.24) is 0 Å². The molecule has 0 bridgehead atoms. The van der Waals surface area contributed by atoms with Gasteiger partial charge >= 0.3 is 5.97 Å². The lowest BCUT2D eigenvalue weighted by atomic mass is 9.98. The Hall–Kier alpha value is -2.31. The number of ether oxygens (including phenoxy) is 6. The molecule has 0 saturated carbocycles. The van der Waals surface area contributed by atoms with Gasteiger partial charge in [0.1, 0.15) is 54.9 Å². The molecule has 0 aromatic carbocycles. The zero-order valence-electron chi connectivity index (χ0n) is 45.4. The smallest absolute Gasteiger partial charge is 0.306 e. The van der Waals surface area contributed by atoms with Crippen LogP contribution in [0.1, 0.15) is 206 Å². The second kappa shape index (κ2) is 45.8. The van der Waals surface area contributed by atoms with E-state index in [1.54, 1.807) is 0 Å². The Morgan fingerprint density at radius 1 is 0.466 bits per heavy atom. The van der Waals surface area contributed by atoms with Gasteiger partial charge in [0.05, 0.1) is 26.4 Å². The highest BCUT2D eigenvalue weighted by atomic mass is 16.7. The second-order valence-corrected chi connectivity index (χ2v) is 20.1. The van der Waals surface area contributed by atoms with Crippen molar-refractivity contribution in [2.75, 3.05) is 33.0 Å². The van der Waals surface area contributed by atoms with Crippen LogP contribution in [-0.4, -0.2) is 142 Å². The molecule has 2 aliphatic rings. The number of hydrogen-bond donors (Lipinski definition) is 7. The third kappa shape index (κ3) is 32.8. The summed E-state index contributed by atoms with van der Waals surface area (Å²) in [6.07, 6.45) is 39.9. The average Bonchev–Trinajstić information content (AvgIpc) is 3.39. The first-order valence-electron chi connectivity index (χ1n) is 28.9. The van der Waals surface area contributed by atoms with Crippen LogP contribution in [0.3, 0.4) is 0 Å². The Bertz CT molecular complexity index is 1440. The first-order chi connectivity index (χ1) is 35.6. The first-order valence-corrected chi connectivity index (χ1v) is 28.9. The van der Waals surface area contributed by atoms with Gasteiger partial charge < -0.3 is 64.2 Å². The highest BCUT2D eigenvalue weighted by molar-refractivity contribution is 5.69. The van der Waals surface area contributed by atoms with E-state index < -0.39 is 80.7 Å². The summed E-state index contributed by atoms with van der Waals surface area (Å²) in [5.74, 6) is -0.385. The lowest BCUT2D eigenvalue weighted by Gasteiger charge is -2.42. The standard InChI is InChI=1S/C59H104O14/c1-3-5-7-9-11-13-15-17-19-21-23-24-25-26-28-30-32-34-36-38-40-42-51(61)71-48(45-68-43-41-39-37-35-33-31-29-27-22-20-18-16-14-12-10-8-6-4-2)46-69-58-57(67)55(65)53(63)50(73-58)47-70-59-56(66)54(64)52(62)49(44-60)72-59/h6,8,12,14,18,20-21,23,27,29,48-50,52-60,62-67H,3-5,7,9-11,13,15-17,19,22,24-26,28,30-47H2,1-2H3/b8-6-,14-12-,20-18-,23-21-,29-27-. The number of esters is 1. The van der Waals surface area contributed by atoms with Crippen molar-refractivity contribution in [3.8, 4) is 0 Å². The Labute approximate surface area is 441 Å². The van der Waals surface area contributed by atoms with Gasteiger partial charge in [-0.05, 0) is 77.0 Å². The SMILES string of the molecule is CC/C=C\C/C=C\C/C=C\C/C=C\CCCCCCCOCC(COC1OC(COC2OC(CO)C(O)C(O)C2O)C(O)C(O)C1O)OC(=O)CCCCCCCCCCC/C=C\CCCCCCCCCC. The molecule has 2 fully saturated rings. The fourth-order valence-corrected chi connectivity index (χ4v) is 8.86. The molecule has 14 nitrogen and oxygen atoms in total. The van der Waals surface area contributed by atoms with Crippen molar-refractivity contribution in [3.63, 3.8) is 0 Å². The first kappa shape index (κ1) is 66.8. The summed E-state index contributed by atoms with van der Waals surface area (Å²) >= 11 is 0. The quantitative estimate of drug-likeness (QED) is 0.0172. The summed E-state index contributed by atoms with van der Waals surface area (Å²) in [5.41, 5.74) is 0. The minimum absolute atomic E-state index is 0.0464. The van der Waals surface area contributed by atoms with Crippen LogP contribution in [0.15, 0.2) is 60.8 Å². The molecule has 2 aliphatic heterocycles. The normalized spacial score (nSPS) is 25.4. The third-order valence-electron chi connectivity index (χ3n) is 13.5. The van der Waals surface area contributed by atoms with Gasteiger partial charge in [0.15, 0.2) is 12.6 Å². The lowest BCUT2D eigenvalue weighted by molar-refractivity contribution is -0.332. The molecule has 0 aromatic rings. The van der Waals surface area contributed by atoms with Crippen molar-refractivity contribution in [2.45, 2.75) is 274 Å². The number of unbranched alkanes of at least 4 members (excludes halogenated alkanes) is 22. The van der Waals surface area contributed by atoms with Crippen molar-refractivity contribution in [2.24, 2.45) is 0 Å². The van der Waals surface area contributed by atoms with E-state index in [9.17, 15) is 40.5 Å². The topological polar surface area (TPSA) is 214 Å². The number of hydrogen-bond acceptors (Lipinski definition) is 14. The summed E-state index contributed by atoms with van der Waals surface area (Å²) in [7, 11) is 0. The van der Waals surface area contributed by atoms with E-state index in [2.05, 4.69) is 74.6 Å². The molecule has 424 valence electrons. The fraction of sp³-hybridized carbons (Fsp3) is 0.814. The number of allylic oxidation sites excluding steroid dienone is 10. The molecule has 73 heavy (non-hydrogen) atoms. The molecule has 11 atom stereocenters. The molecule has 2 saturated heterocycles. The highest BCUT2D eigenvalue weighted by Crippen LogP contribution is 2.26. The van der Waals surface area contributed by atoms with Gasteiger partial charge in [-0.3, -0.25) is 4.79 Å². The van der Waals surface area contributed by atoms with E-state index in [4.69, 9.17) is 28.4 Å². The van der Waals surface area contributed by atoms with Crippen LogP contribution in [0, 0.1) is 0 Å². The number of aliphatic hydroxyl groups is 7. The number of rotatable bonds is 46. The van der Waals surface area contributed by atoms with E-state index in [1.807, 2.05) is 0 Å². The maximum Gasteiger partial charge on any atom is 0.306 e. The predicted octanol–water partition coefficient (Wildman–Crippen LogP) is 10.1. The zero-order chi connectivity index (χ0) is 53.0. The van der Waals surface area contributed by atoms with Crippen LogP contribution in [-0.2, 0) is 33.2 Å². The van der Waals surface area contributed by atoms with Crippen LogP contribution in [0.2, 0.25) is 0 Å². The molecular weight excluding hydrogens is 933 g/mol. The van der Waals surface area contributed by atoms with E-state index in [1.165, 1.54) is 96.3 Å². The van der Waals surface area contributed by atoms with Gasteiger partial charge in [-0.1, -0.05) is 184 Å². The largest absolute Gasteiger partial charge is 0.457 e. The molecule has 11 unspecified atom stereocenters. The maximum atomic E-state index is 13.1. The van der Waals surface area contributed by atoms with Crippen LogP contribution in [0.4, 0.5) is 0 Å². The van der Waals surface area contributed by atoms with E-state index in [0.29, 0.717) is 13.0 Å². The van der Waals surface area contributed by atoms with E-state index in [-0.39, 0.29) is 25.6 Å². The van der Waals surface area contributed by atoms with Crippen molar-refractivity contribution in [3.05, 3.63) is 60.8 Å². The monoisotopic (exact) mass is 1040 g/mol. The highest BCUT2D eigenvalue weighted by Gasteiger charge is 2.47. The lowest BCUT2D eigenvalue weighted by Crippen LogP contribution is -2.61. The number of aliphatic hydroxyl groups excluding tert-OH is 7. The van der Waals surface area contributed by atoms with Crippen LogP contribution >= 0.6 is 0 Å². The minimum Gasteiger partial charge on any atom is -0.457 e. The molecule has 2 heterocycles. The molecule has 2 rings (SSSR count). The molecule has 0 radical (unpaired) electrons. The predicted molar refractivity (Wildman–Crippen MR) is 289 cm³/mol. The third-order valence-corrected chi connectivity index (χ3v) is 13.5. The van der Waals surface area contributed by atoms with Crippen molar-refractivity contribution in [1.29, 1.82) is 0 Å². The van der Waals surface area contributed by atoms with Gasteiger partial charge in [0.2, 0.25) is 0 Å². The van der Waals surface area contributed by atoms with Crippen molar-refractivity contribution >= 4 is 5.97 Å². The van der Waals surface area contributed by atoms with E-state index in [0.717, 1.165) is 83.5 Å². The molecule has 0 spiro atoms. The fourth-order valence-electron chi connectivity index (χ4n) is 8.86. The summed E-state index contributed by atoms with van der Waals surface area (Å²) in [6, 6.07) is 0. The Balaban J connectivity index is 1.73. The Morgan fingerprint density at radius 2 is 0.890 bits per heavy atom.